The van der Waals surface area contributed by atoms with Gasteiger partial charge in [0.25, 0.3) is 0 Å². The van der Waals surface area contributed by atoms with Crippen molar-refractivity contribution >= 4 is 18.0 Å². The lowest BCUT2D eigenvalue weighted by molar-refractivity contribution is -0.153. The van der Waals surface area contributed by atoms with Crippen molar-refractivity contribution in [1.29, 1.82) is 0 Å². The zero-order valence-electron chi connectivity index (χ0n) is 23.3. The number of benzene rings is 2. The Morgan fingerprint density at radius 3 is 2.05 bits per heavy atom. The van der Waals surface area contributed by atoms with E-state index in [1.54, 1.807) is 65.8 Å². The quantitative estimate of drug-likeness (QED) is 0.215. The van der Waals surface area contributed by atoms with Crippen LogP contribution in [0.15, 0.2) is 60.7 Å². The summed E-state index contributed by atoms with van der Waals surface area (Å²) in [5.74, 6) is -0.841. The fourth-order valence-corrected chi connectivity index (χ4v) is 3.37. The second-order valence-electron chi connectivity index (χ2n) is 11.1. The summed E-state index contributed by atoms with van der Waals surface area (Å²) in [6, 6.07) is 17.5. The number of rotatable bonds is 12. The second kappa shape index (κ2) is 14.5. The molecule has 0 spiro atoms. The van der Waals surface area contributed by atoms with Crippen LogP contribution >= 0.6 is 0 Å². The fraction of sp³-hybridized carbons (Fsp3) is 0.500. The lowest BCUT2D eigenvalue weighted by atomic mass is 9.97. The lowest BCUT2D eigenvalue weighted by Gasteiger charge is -2.29. The highest BCUT2D eigenvalue weighted by molar-refractivity contribution is 5.89. The van der Waals surface area contributed by atoms with Crippen molar-refractivity contribution in [3.8, 4) is 0 Å². The van der Waals surface area contributed by atoms with Crippen LogP contribution in [-0.4, -0.2) is 49.0 Å². The van der Waals surface area contributed by atoms with Gasteiger partial charge in [-0.05, 0) is 72.1 Å². The average Bonchev–Trinajstić information content (AvgIpc) is 2.84. The number of carbonyl (C=O) groups excluding carboxylic acids is 3. The van der Waals surface area contributed by atoms with Gasteiger partial charge in [-0.3, -0.25) is 4.79 Å². The number of ether oxygens (including phenoxy) is 4. The number of hydrogen-bond donors (Lipinski definition) is 1. The molecule has 0 fully saturated rings. The highest BCUT2D eigenvalue weighted by Gasteiger charge is 2.30. The van der Waals surface area contributed by atoms with E-state index in [1.165, 1.54) is 0 Å². The summed E-state index contributed by atoms with van der Waals surface area (Å²) >= 11 is 0. The van der Waals surface area contributed by atoms with Crippen LogP contribution < -0.4 is 5.32 Å². The molecule has 0 aliphatic heterocycles. The summed E-state index contributed by atoms with van der Waals surface area (Å²) < 4.78 is 22.6. The predicted molar refractivity (Wildman–Crippen MR) is 145 cm³/mol. The zero-order chi connectivity index (χ0) is 28.2. The molecular weight excluding hydrogens is 486 g/mol. The Bertz CT molecular complexity index is 1010. The summed E-state index contributed by atoms with van der Waals surface area (Å²) in [6.07, 6.45) is -0.671. The van der Waals surface area contributed by atoms with Crippen LogP contribution in [0.4, 0.5) is 4.79 Å². The van der Waals surface area contributed by atoms with E-state index >= 15 is 0 Å². The summed E-state index contributed by atoms with van der Waals surface area (Å²) in [6.45, 7) is 11.2. The van der Waals surface area contributed by atoms with Crippen LogP contribution in [0.5, 0.6) is 0 Å². The third-order valence-corrected chi connectivity index (χ3v) is 5.31. The summed E-state index contributed by atoms with van der Waals surface area (Å²) in [5.41, 5.74) is 0.0237. The van der Waals surface area contributed by atoms with Crippen molar-refractivity contribution in [2.75, 3.05) is 13.2 Å². The van der Waals surface area contributed by atoms with Gasteiger partial charge in [-0.1, -0.05) is 48.5 Å². The molecule has 0 saturated heterocycles. The molecule has 38 heavy (non-hydrogen) atoms. The monoisotopic (exact) mass is 527 g/mol. The van der Waals surface area contributed by atoms with Gasteiger partial charge in [0.1, 0.15) is 11.7 Å². The lowest BCUT2D eigenvalue weighted by Crippen LogP contribution is -2.49. The first-order valence-corrected chi connectivity index (χ1v) is 12.9. The van der Waals surface area contributed by atoms with Crippen LogP contribution in [0, 0.1) is 5.41 Å². The number of hydrogen-bond acceptors (Lipinski definition) is 7. The molecule has 0 unspecified atom stereocenters. The summed E-state index contributed by atoms with van der Waals surface area (Å²) in [7, 11) is 0. The van der Waals surface area contributed by atoms with Gasteiger partial charge in [0.15, 0.2) is 0 Å². The van der Waals surface area contributed by atoms with E-state index in [4.69, 9.17) is 18.9 Å². The van der Waals surface area contributed by atoms with Gasteiger partial charge in [-0.25, -0.2) is 9.59 Å². The van der Waals surface area contributed by atoms with E-state index in [0.29, 0.717) is 25.0 Å². The van der Waals surface area contributed by atoms with Gasteiger partial charge in [0, 0.05) is 0 Å². The number of carbonyl (C=O) groups is 3. The van der Waals surface area contributed by atoms with E-state index in [-0.39, 0.29) is 19.2 Å². The molecule has 1 amide bonds. The maximum absolute atomic E-state index is 12.9. The summed E-state index contributed by atoms with van der Waals surface area (Å²) in [5, 5.41) is 2.82. The standard InChI is InChI=1S/C30H41NO7/c1-29(2,3)27(33)36-19-13-18-25(37-26(32)23-16-11-8-12-17-23)24(31-28(34)38-30(4,5)6)21-35-20-22-14-9-7-10-15-22/h7-12,14-17,24-25H,13,18-21H2,1-6H3,(H,31,34)/t24-,25-/m1/s1. The van der Waals surface area contributed by atoms with Crippen LogP contribution in [0.1, 0.15) is 70.3 Å². The van der Waals surface area contributed by atoms with Gasteiger partial charge in [-0.2, -0.15) is 0 Å². The van der Waals surface area contributed by atoms with Gasteiger partial charge >= 0.3 is 18.0 Å². The molecule has 2 aromatic rings. The molecule has 2 atom stereocenters. The van der Waals surface area contributed by atoms with E-state index in [1.807, 2.05) is 36.4 Å². The Hall–Kier alpha value is -3.39. The second-order valence-corrected chi connectivity index (χ2v) is 11.1. The Morgan fingerprint density at radius 2 is 1.47 bits per heavy atom. The van der Waals surface area contributed by atoms with E-state index in [2.05, 4.69) is 5.32 Å². The third kappa shape index (κ3) is 11.8. The summed E-state index contributed by atoms with van der Waals surface area (Å²) in [4.78, 5) is 37.8. The topological polar surface area (TPSA) is 100 Å². The van der Waals surface area contributed by atoms with Crippen molar-refractivity contribution in [1.82, 2.24) is 5.32 Å². The number of nitrogens with one attached hydrogen (secondary N) is 1. The van der Waals surface area contributed by atoms with Crippen LogP contribution in [0.2, 0.25) is 0 Å². The van der Waals surface area contributed by atoms with Crippen molar-refractivity contribution in [2.45, 2.75) is 78.7 Å². The van der Waals surface area contributed by atoms with Gasteiger partial charge < -0.3 is 24.3 Å². The Kier molecular flexibility index (Phi) is 11.8. The normalized spacial score (nSPS) is 13.2. The Labute approximate surface area is 226 Å². The van der Waals surface area contributed by atoms with E-state index < -0.39 is 35.2 Å². The predicted octanol–water partition coefficient (Wildman–Crippen LogP) is 5.69. The van der Waals surface area contributed by atoms with Crippen molar-refractivity contribution in [3.05, 3.63) is 71.8 Å². The highest BCUT2D eigenvalue weighted by Crippen LogP contribution is 2.18. The number of alkyl carbamates (subject to hydrolysis) is 1. The molecule has 0 heterocycles. The number of amides is 1. The minimum atomic E-state index is -0.765. The van der Waals surface area contributed by atoms with Crippen molar-refractivity contribution in [2.24, 2.45) is 5.41 Å². The smallest absolute Gasteiger partial charge is 0.408 e. The first kappa shape index (κ1) is 30.8. The minimum absolute atomic E-state index is 0.0721. The SMILES string of the molecule is CC(C)(C)OC(=O)N[C@H](COCc1ccccc1)[C@@H](CCCOC(=O)C(C)(C)C)OC(=O)c1ccccc1. The highest BCUT2D eigenvalue weighted by atomic mass is 16.6. The number of esters is 2. The Morgan fingerprint density at radius 1 is 0.868 bits per heavy atom. The average molecular weight is 528 g/mol. The Balaban J connectivity index is 2.18. The van der Waals surface area contributed by atoms with Crippen molar-refractivity contribution < 1.29 is 33.3 Å². The van der Waals surface area contributed by atoms with Crippen LogP contribution in [0.25, 0.3) is 0 Å². The molecule has 0 saturated carbocycles. The maximum atomic E-state index is 12.9. The van der Waals surface area contributed by atoms with Gasteiger partial charge in [0.05, 0.1) is 36.8 Å². The largest absolute Gasteiger partial charge is 0.465 e. The molecule has 0 aromatic heterocycles. The molecule has 0 radical (unpaired) electrons. The van der Waals surface area contributed by atoms with Crippen molar-refractivity contribution in [3.63, 3.8) is 0 Å². The molecule has 0 aliphatic rings. The first-order valence-electron chi connectivity index (χ1n) is 12.9. The molecule has 0 bridgehead atoms. The van der Waals surface area contributed by atoms with E-state index in [0.717, 1.165) is 5.56 Å². The zero-order valence-corrected chi connectivity index (χ0v) is 23.3. The molecule has 208 valence electrons. The van der Waals surface area contributed by atoms with E-state index in [9.17, 15) is 14.4 Å². The minimum Gasteiger partial charge on any atom is -0.465 e. The molecule has 8 nitrogen and oxygen atoms in total. The molecule has 1 N–H and O–H groups in total. The molecule has 2 aromatic carbocycles. The fourth-order valence-electron chi connectivity index (χ4n) is 3.37. The maximum Gasteiger partial charge on any atom is 0.408 e. The van der Waals surface area contributed by atoms with Crippen LogP contribution in [-0.2, 0) is 30.3 Å². The molecular formula is C30H41NO7. The molecule has 8 heteroatoms. The van der Waals surface area contributed by atoms with Crippen LogP contribution in [0.3, 0.4) is 0 Å². The molecule has 0 aliphatic carbocycles. The molecule has 2 rings (SSSR count). The van der Waals surface area contributed by atoms with Gasteiger partial charge in [0.2, 0.25) is 0 Å². The third-order valence-electron chi connectivity index (χ3n) is 5.31. The van der Waals surface area contributed by atoms with Gasteiger partial charge in [-0.15, -0.1) is 0 Å². The first-order chi connectivity index (χ1) is 17.8.